The Bertz CT molecular complexity index is 522. The number of nitrogen functional groups attached to an aromatic ring is 1. The van der Waals surface area contributed by atoms with E-state index in [1.165, 1.54) is 25.7 Å². The van der Waals surface area contributed by atoms with Crippen LogP contribution in [0, 0.1) is 0 Å². The lowest BCUT2D eigenvalue weighted by Gasteiger charge is -2.34. The number of amides is 1. The number of piperazine rings is 1. The van der Waals surface area contributed by atoms with E-state index in [4.69, 9.17) is 5.73 Å². The maximum absolute atomic E-state index is 12.7. The van der Waals surface area contributed by atoms with E-state index in [1.807, 2.05) is 17.2 Å². The van der Waals surface area contributed by atoms with Crippen LogP contribution < -0.4 is 5.73 Å². The van der Waals surface area contributed by atoms with Crippen molar-refractivity contribution in [1.29, 1.82) is 0 Å². The van der Waals surface area contributed by atoms with Gasteiger partial charge >= 0.3 is 0 Å². The van der Waals surface area contributed by atoms with Crippen LogP contribution in [0.5, 0.6) is 0 Å². The summed E-state index contributed by atoms with van der Waals surface area (Å²) in [5.74, 6) is 0.157. The molecule has 1 aromatic heterocycles. The van der Waals surface area contributed by atoms with Crippen LogP contribution in [0.25, 0.3) is 0 Å². The van der Waals surface area contributed by atoms with Gasteiger partial charge in [-0.15, -0.1) is 0 Å². The van der Waals surface area contributed by atoms with Crippen molar-refractivity contribution in [2.24, 2.45) is 0 Å². The number of hydrogen-bond donors (Lipinski definition) is 1. The van der Waals surface area contributed by atoms with Crippen molar-refractivity contribution in [3.8, 4) is 0 Å². The van der Waals surface area contributed by atoms with Gasteiger partial charge in [0.2, 0.25) is 0 Å². The molecule has 1 saturated heterocycles. The molecule has 2 N–H and O–H groups in total. The fourth-order valence-electron chi connectivity index (χ4n) is 3.22. The first-order valence-corrected chi connectivity index (χ1v) is 7.73. The van der Waals surface area contributed by atoms with E-state index in [0.29, 0.717) is 11.7 Å². The Morgan fingerprint density at radius 1 is 1.05 bits per heavy atom. The van der Waals surface area contributed by atoms with Crippen LogP contribution in [-0.2, 0) is 0 Å². The Labute approximate surface area is 119 Å². The largest absolute Gasteiger partial charge is 0.397 e. The van der Waals surface area contributed by atoms with Crippen LogP contribution in [0.1, 0.15) is 42.2 Å². The highest BCUT2D eigenvalue weighted by molar-refractivity contribution is 5.94. The molecule has 4 rings (SSSR count). The molecule has 3 fully saturated rings. The monoisotopic (exact) mass is 274 g/mol. The number of anilines is 1. The molecule has 0 unspecified atom stereocenters. The molecule has 0 aromatic carbocycles. The van der Waals surface area contributed by atoms with E-state index in [2.05, 4.69) is 9.47 Å². The van der Waals surface area contributed by atoms with Crippen LogP contribution in [-0.4, -0.2) is 52.5 Å². The number of carbonyl (C=O) groups excluding carboxylic acids is 1. The highest BCUT2D eigenvalue weighted by Gasteiger charge is 2.34. The molecular weight excluding hydrogens is 252 g/mol. The van der Waals surface area contributed by atoms with Crippen molar-refractivity contribution in [3.05, 3.63) is 18.0 Å². The van der Waals surface area contributed by atoms with Gasteiger partial charge in [0.1, 0.15) is 5.69 Å². The Hall–Kier alpha value is -1.49. The zero-order valence-electron chi connectivity index (χ0n) is 11.8. The molecule has 5 nitrogen and oxygen atoms in total. The van der Waals surface area contributed by atoms with Crippen molar-refractivity contribution in [2.45, 2.75) is 37.8 Å². The molecule has 20 heavy (non-hydrogen) atoms. The van der Waals surface area contributed by atoms with Gasteiger partial charge in [0, 0.05) is 44.5 Å². The van der Waals surface area contributed by atoms with Crippen LogP contribution >= 0.6 is 0 Å². The first-order valence-electron chi connectivity index (χ1n) is 7.73. The third-order valence-electron chi connectivity index (χ3n) is 4.69. The standard InChI is InChI=1S/C15H22N4O/c16-11-9-14(19(10-11)13-3-4-13)15(20)18-7-5-17(6-8-18)12-1-2-12/h9-10,12-13H,1-8,16H2. The van der Waals surface area contributed by atoms with Gasteiger partial charge in [0.05, 0.1) is 5.69 Å². The van der Waals surface area contributed by atoms with Crippen LogP contribution in [0.15, 0.2) is 12.3 Å². The zero-order chi connectivity index (χ0) is 13.7. The fraction of sp³-hybridized carbons (Fsp3) is 0.667. The minimum atomic E-state index is 0.157. The lowest BCUT2D eigenvalue weighted by Crippen LogP contribution is -2.49. The Balaban J connectivity index is 1.47. The zero-order valence-corrected chi connectivity index (χ0v) is 11.8. The van der Waals surface area contributed by atoms with E-state index < -0.39 is 0 Å². The summed E-state index contributed by atoms with van der Waals surface area (Å²) < 4.78 is 2.09. The fourth-order valence-corrected chi connectivity index (χ4v) is 3.22. The molecule has 0 bridgehead atoms. The summed E-state index contributed by atoms with van der Waals surface area (Å²) in [6.07, 6.45) is 6.95. The SMILES string of the molecule is Nc1cc(C(=O)N2CCN(C3CC3)CC2)n(C2CC2)c1. The molecule has 2 saturated carbocycles. The van der Waals surface area contributed by atoms with E-state index in [0.717, 1.165) is 37.9 Å². The van der Waals surface area contributed by atoms with Gasteiger partial charge in [-0.2, -0.15) is 0 Å². The number of carbonyl (C=O) groups is 1. The predicted molar refractivity (Wildman–Crippen MR) is 77.6 cm³/mol. The number of hydrogen-bond acceptors (Lipinski definition) is 3. The van der Waals surface area contributed by atoms with Crippen LogP contribution in [0.2, 0.25) is 0 Å². The maximum atomic E-state index is 12.7. The minimum Gasteiger partial charge on any atom is -0.397 e. The van der Waals surface area contributed by atoms with Gasteiger partial charge in [0.15, 0.2) is 0 Å². The number of nitrogens with zero attached hydrogens (tertiary/aromatic N) is 3. The molecule has 2 aliphatic carbocycles. The molecule has 0 spiro atoms. The summed E-state index contributed by atoms with van der Waals surface area (Å²) in [4.78, 5) is 17.2. The van der Waals surface area contributed by atoms with Gasteiger partial charge in [-0.25, -0.2) is 0 Å². The van der Waals surface area contributed by atoms with Crippen molar-refractivity contribution in [3.63, 3.8) is 0 Å². The molecule has 0 atom stereocenters. The predicted octanol–water partition coefficient (Wildman–Crippen LogP) is 1.33. The Morgan fingerprint density at radius 3 is 2.30 bits per heavy atom. The number of nitrogens with two attached hydrogens (primary N) is 1. The van der Waals surface area contributed by atoms with Crippen LogP contribution in [0.4, 0.5) is 5.69 Å². The van der Waals surface area contributed by atoms with E-state index in [9.17, 15) is 4.79 Å². The molecule has 0 radical (unpaired) electrons. The molecule has 1 aromatic rings. The lowest BCUT2D eigenvalue weighted by atomic mass is 10.2. The second kappa shape index (κ2) is 4.52. The van der Waals surface area contributed by atoms with E-state index >= 15 is 0 Å². The first-order chi connectivity index (χ1) is 9.72. The molecule has 2 heterocycles. The normalized spacial score (nSPS) is 24.1. The minimum absolute atomic E-state index is 0.157. The molecule has 1 amide bonds. The molecule has 1 aliphatic heterocycles. The van der Waals surface area contributed by atoms with Crippen molar-refractivity contribution >= 4 is 11.6 Å². The third kappa shape index (κ3) is 2.20. The Kier molecular flexibility index (Phi) is 2.77. The van der Waals surface area contributed by atoms with Gasteiger partial charge < -0.3 is 15.2 Å². The Morgan fingerprint density at radius 2 is 1.70 bits per heavy atom. The molecule has 5 heteroatoms. The first kappa shape index (κ1) is 12.3. The van der Waals surface area contributed by atoms with Crippen LogP contribution in [0.3, 0.4) is 0 Å². The van der Waals surface area contributed by atoms with Gasteiger partial charge in [0.25, 0.3) is 5.91 Å². The van der Waals surface area contributed by atoms with Crippen molar-refractivity contribution < 1.29 is 4.79 Å². The van der Waals surface area contributed by atoms with Crippen molar-refractivity contribution in [2.75, 3.05) is 31.9 Å². The number of rotatable bonds is 3. The second-order valence-corrected chi connectivity index (χ2v) is 6.36. The summed E-state index contributed by atoms with van der Waals surface area (Å²) in [5.41, 5.74) is 7.37. The highest BCUT2D eigenvalue weighted by atomic mass is 16.2. The smallest absolute Gasteiger partial charge is 0.270 e. The summed E-state index contributed by atoms with van der Waals surface area (Å²) in [6, 6.07) is 3.14. The molecule has 108 valence electrons. The summed E-state index contributed by atoms with van der Waals surface area (Å²) in [6.45, 7) is 3.75. The molecule has 3 aliphatic rings. The van der Waals surface area contributed by atoms with E-state index in [1.54, 1.807) is 0 Å². The summed E-state index contributed by atoms with van der Waals surface area (Å²) in [7, 11) is 0. The average Bonchev–Trinajstić information content (AvgIpc) is 3.36. The van der Waals surface area contributed by atoms with Gasteiger partial charge in [-0.3, -0.25) is 9.69 Å². The quantitative estimate of drug-likeness (QED) is 0.904. The van der Waals surface area contributed by atoms with Gasteiger partial charge in [-0.05, 0) is 31.7 Å². The van der Waals surface area contributed by atoms with E-state index in [-0.39, 0.29) is 5.91 Å². The average molecular weight is 274 g/mol. The third-order valence-corrected chi connectivity index (χ3v) is 4.69. The maximum Gasteiger partial charge on any atom is 0.270 e. The topological polar surface area (TPSA) is 54.5 Å². The lowest BCUT2D eigenvalue weighted by molar-refractivity contribution is 0.0616. The number of aromatic nitrogens is 1. The highest BCUT2D eigenvalue weighted by Crippen LogP contribution is 2.37. The summed E-state index contributed by atoms with van der Waals surface area (Å²) in [5, 5.41) is 0. The van der Waals surface area contributed by atoms with Crippen molar-refractivity contribution in [1.82, 2.24) is 14.4 Å². The summed E-state index contributed by atoms with van der Waals surface area (Å²) >= 11 is 0. The second-order valence-electron chi connectivity index (χ2n) is 6.36. The van der Waals surface area contributed by atoms with Gasteiger partial charge in [-0.1, -0.05) is 0 Å². The molecular formula is C15H22N4O.